The number of benzene rings is 2. The van der Waals surface area contributed by atoms with Crippen molar-refractivity contribution in [2.24, 2.45) is 0 Å². The number of carbonyl (C=O) groups is 2. The van der Waals surface area contributed by atoms with Crippen LogP contribution in [0.2, 0.25) is 5.02 Å². The summed E-state index contributed by atoms with van der Waals surface area (Å²) in [6.07, 6.45) is 0. The molecule has 0 fully saturated rings. The first-order chi connectivity index (χ1) is 10.0. The summed E-state index contributed by atoms with van der Waals surface area (Å²) in [5, 5.41) is 14.8. The van der Waals surface area contributed by atoms with E-state index >= 15 is 0 Å². The molecule has 0 bridgehead atoms. The van der Waals surface area contributed by atoms with Crippen LogP contribution < -0.4 is 10.6 Å². The highest BCUT2D eigenvalue weighted by molar-refractivity contribution is 6.30. The number of carboxylic acid groups (broad SMARTS) is 1. The maximum absolute atomic E-state index is 11.7. The smallest absolute Gasteiger partial charge is 0.335 e. The van der Waals surface area contributed by atoms with Crippen LogP contribution >= 0.6 is 11.6 Å². The third-order valence-electron chi connectivity index (χ3n) is 2.73. The minimum absolute atomic E-state index is 0.187. The predicted octanol–water partition coefficient (Wildman–Crippen LogP) is 3.36. The molecule has 0 atom stereocenters. The Morgan fingerprint density at radius 2 is 1.81 bits per heavy atom. The minimum Gasteiger partial charge on any atom is -0.478 e. The van der Waals surface area contributed by atoms with Crippen molar-refractivity contribution in [2.45, 2.75) is 6.54 Å². The third-order valence-corrected chi connectivity index (χ3v) is 2.98. The van der Waals surface area contributed by atoms with E-state index in [4.69, 9.17) is 16.7 Å². The van der Waals surface area contributed by atoms with Crippen LogP contribution in [-0.2, 0) is 6.54 Å². The molecule has 0 spiro atoms. The molecule has 0 aliphatic carbocycles. The molecule has 2 aromatic rings. The van der Waals surface area contributed by atoms with Gasteiger partial charge in [0.1, 0.15) is 0 Å². The minimum atomic E-state index is -0.998. The van der Waals surface area contributed by atoms with E-state index in [1.807, 2.05) is 0 Å². The Balaban J connectivity index is 1.90. The van der Waals surface area contributed by atoms with Crippen molar-refractivity contribution in [3.8, 4) is 0 Å². The van der Waals surface area contributed by atoms with Crippen LogP contribution in [0.25, 0.3) is 0 Å². The largest absolute Gasteiger partial charge is 0.478 e. The molecular weight excluding hydrogens is 292 g/mol. The summed E-state index contributed by atoms with van der Waals surface area (Å²) >= 11 is 5.75. The molecule has 0 aliphatic rings. The summed E-state index contributed by atoms with van der Waals surface area (Å²) in [5.74, 6) is -0.998. The number of anilines is 1. The normalized spacial score (nSPS) is 9.95. The van der Waals surface area contributed by atoms with Gasteiger partial charge in [-0.05, 0) is 42.0 Å². The second kappa shape index (κ2) is 6.76. The monoisotopic (exact) mass is 304 g/mol. The van der Waals surface area contributed by atoms with Crippen LogP contribution in [-0.4, -0.2) is 17.1 Å². The lowest BCUT2D eigenvalue weighted by atomic mass is 10.1. The van der Waals surface area contributed by atoms with Gasteiger partial charge in [-0.2, -0.15) is 0 Å². The molecule has 5 nitrogen and oxygen atoms in total. The summed E-state index contributed by atoms with van der Waals surface area (Å²) in [5.41, 5.74) is 1.52. The molecule has 0 saturated carbocycles. The van der Waals surface area contributed by atoms with Crippen LogP contribution in [0.15, 0.2) is 48.5 Å². The van der Waals surface area contributed by atoms with Crippen molar-refractivity contribution < 1.29 is 14.7 Å². The Hall–Kier alpha value is -2.53. The van der Waals surface area contributed by atoms with Crippen molar-refractivity contribution in [1.29, 1.82) is 0 Å². The van der Waals surface area contributed by atoms with E-state index in [9.17, 15) is 9.59 Å². The van der Waals surface area contributed by atoms with Crippen molar-refractivity contribution in [3.63, 3.8) is 0 Å². The number of urea groups is 1. The van der Waals surface area contributed by atoms with Crippen molar-refractivity contribution >= 4 is 29.3 Å². The molecule has 21 heavy (non-hydrogen) atoms. The molecule has 0 radical (unpaired) electrons. The second-order valence-corrected chi connectivity index (χ2v) is 4.76. The molecule has 0 heterocycles. The molecular formula is C15H13ClN2O3. The lowest BCUT2D eigenvalue weighted by Crippen LogP contribution is -2.28. The first kappa shape index (κ1) is 14.9. The summed E-state index contributed by atoms with van der Waals surface area (Å²) in [6, 6.07) is 12.7. The van der Waals surface area contributed by atoms with Crippen molar-refractivity contribution in [3.05, 3.63) is 64.7 Å². The van der Waals surface area contributed by atoms with Gasteiger partial charge < -0.3 is 15.7 Å². The molecule has 2 rings (SSSR count). The van der Waals surface area contributed by atoms with Crippen LogP contribution in [0, 0.1) is 0 Å². The Morgan fingerprint density at radius 3 is 2.48 bits per heavy atom. The third kappa shape index (κ3) is 4.50. The first-order valence-corrected chi connectivity index (χ1v) is 6.55. The van der Waals surface area contributed by atoms with Gasteiger partial charge >= 0.3 is 12.0 Å². The molecule has 2 amide bonds. The van der Waals surface area contributed by atoms with Crippen LogP contribution in [0.3, 0.4) is 0 Å². The van der Waals surface area contributed by atoms with Crippen LogP contribution in [0.1, 0.15) is 15.9 Å². The summed E-state index contributed by atoms with van der Waals surface area (Å²) < 4.78 is 0. The van der Waals surface area contributed by atoms with Gasteiger partial charge in [-0.15, -0.1) is 0 Å². The summed E-state index contributed by atoms with van der Waals surface area (Å²) in [6.45, 7) is 0.237. The molecule has 0 aromatic heterocycles. The van der Waals surface area contributed by atoms with E-state index in [0.29, 0.717) is 16.3 Å². The highest BCUT2D eigenvalue weighted by Gasteiger charge is 2.05. The molecule has 108 valence electrons. The van der Waals surface area contributed by atoms with Gasteiger partial charge in [-0.25, -0.2) is 9.59 Å². The summed E-state index contributed by atoms with van der Waals surface area (Å²) in [4.78, 5) is 22.6. The van der Waals surface area contributed by atoms with Crippen molar-refractivity contribution in [1.82, 2.24) is 5.32 Å². The van der Waals surface area contributed by atoms with Gasteiger partial charge in [0.2, 0.25) is 0 Å². The number of rotatable bonds is 4. The number of halogens is 1. The van der Waals surface area contributed by atoms with E-state index in [0.717, 1.165) is 0 Å². The van der Waals surface area contributed by atoms with Crippen molar-refractivity contribution in [2.75, 3.05) is 5.32 Å². The van der Waals surface area contributed by atoms with Gasteiger partial charge in [0.25, 0.3) is 0 Å². The topological polar surface area (TPSA) is 78.4 Å². The van der Waals surface area contributed by atoms with E-state index < -0.39 is 5.97 Å². The molecule has 0 saturated heterocycles. The van der Waals surface area contributed by atoms with Gasteiger partial charge in [-0.3, -0.25) is 0 Å². The second-order valence-electron chi connectivity index (χ2n) is 4.32. The molecule has 0 unspecified atom stereocenters. The lowest BCUT2D eigenvalue weighted by Gasteiger charge is -2.08. The number of carbonyl (C=O) groups excluding carboxylic acids is 1. The molecule has 6 heteroatoms. The number of hydrogen-bond donors (Lipinski definition) is 3. The SMILES string of the molecule is O=C(NCc1cccc(C(=O)O)c1)Nc1ccc(Cl)cc1. The standard InChI is InChI=1S/C15H13ClN2O3/c16-12-4-6-13(7-5-12)18-15(21)17-9-10-2-1-3-11(8-10)14(19)20/h1-8H,9H2,(H,19,20)(H2,17,18,21). The lowest BCUT2D eigenvalue weighted by molar-refractivity contribution is 0.0696. The number of amides is 2. The van der Waals surface area contributed by atoms with Gasteiger partial charge in [0.05, 0.1) is 5.56 Å². The highest BCUT2D eigenvalue weighted by atomic mass is 35.5. The Labute approximate surface area is 126 Å². The molecule has 2 aromatic carbocycles. The molecule has 0 aliphatic heterocycles. The number of carboxylic acids is 1. The Kier molecular flexibility index (Phi) is 4.79. The fourth-order valence-electron chi connectivity index (χ4n) is 1.71. The average Bonchev–Trinajstić information content (AvgIpc) is 2.48. The fourth-order valence-corrected chi connectivity index (χ4v) is 1.83. The predicted molar refractivity (Wildman–Crippen MR) is 80.7 cm³/mol. The molecule has 3 N–H and O–H groups in total. The Bertz CT molecular complexity index is 656. The van der Waals surface area contributed by atoms with Gasteiger partial charge in [-0.1, -0.05) is 23.7 Å². The van der Waals surface area contributed by atoms with E-state index in [-0.39, 0.29) is 18.1 Å². The van der Waals surface area contributed by atoms with Gasteiger partial charge in [0, 0.05) is 17.3 Å². The highest BCUT2D eigenvalue weighted by Crippen LogP contribution is 2.13. The first-order valence-electron chi connectivity index (χ1n) is 6.17. The Morgan fingerprint density at radius 1 is 1.10 bits per heavy atom. The van der Waals surface area contributed by atoms with Crippen LogP contribution in [0.5, 0.6) is 0 Å². The van der Waals surface area contributed by atoms with Crippen LogP contribution in [0.4, 0.5) is 10.5 Å². The number of hydrogen-bond acceptors (Lipinski definition) is 2. The average molecular weight is 305 g/mol. The fraction of sp³-hybridized carbons (Fsp3) is 0.0667. The number of nitrogens with one attached hydrogen (secondary N) is 2. The van der Waals surface area contributed by atoms with Gasteiger partial charge in [0.15, 0.2) is 0 Å². The number of aromatic carboxylic acids is 1. The zero-order valence-electron chi connectivity index (χ0n) is 11.0. The quantitative estimate of drug-likeness (QED) is 0.810. The zero-order chi connectivity index (χ0) is 15.2. The maximum atomic E-state index is 11.7. The maximum Gasteiger partial charge on any atom is 0.335 e. The van der Waals surface area contributed by atoms with E-state index in [2.05, 4.69) is 10.6 Å². The zero-order valence-corrected chi connectivity index (χ0v) is 11.7. The summed E-state index contributed by atoms with van der Waals surface area (Å²) in [7, 11) is 0. The van der Waals surface area contributed by atoms with E-state index in [1.54, 1.807) is 36.4 Å². The van der Waals surface area contributed by atoms with E-state index in [1.165, 1.54) is 12.1 Å².